The zero-order valence-corrected chi connectivity index (χ0v) is 12.3. The maximum Gasteiger partial charge on any atom is 0.131 e. The summed E-state index contributed by atoms with van der Waals surface area (Å²) in [5.41, 5.74) is 0.739. The fourth-order valence-electron chi connectivity index (χ4n) is 1.79. The maximum atomic E-state index is 13.6. The molecule has 0 spiro atoms. The van der Waals surface area contributed by atoms with Crippen molar-refractivity contribution >= 4 is 0 Å². The molecule has 0 radical (unpaired) electrons. The van der Waals surface area contributed by atoms with E-state index in [1.54, 1.807) is 19.2 Å². The summed E-state index contributed by atoms with van der Waals surface area (Å²) in [6.07, 6.45) is 1.01. The van der Waals surface area contributed by atoms with Gasteiger partial charge < -0.3 is 15.4 Å². The second-order valence-electron chi connectivity index (χ2n) is 5.63. The van der Waals surface area contributed by atoms with Gasteiger partial charge in [-0.15, -0.1) is 0 Å². The number of ether oxygens (including phenoxy) is 1. The van der Waals surface area contributed by atoms with E-state index in [4.69, 9.17) is 4.74 Å². The van der Waals surface area contributed by atoms with Gasteiger partial charge in [-0.2, -0.15) is 0 Å². The first-order valence-corrected chi connectivity index (χ1v) is 6.71. The molecule has 108 valence electrons. The summed E-state index contributed by atoms with van der Waals surface area (Å²) in [6, 6.07) is 4.90. The first-order valence-electron chi connectivity index (χ1n) is 6.71. The smallest absolute Gasteiger partial charge is 0.131 e. The van der Waals surface area contributed by atoms with Crippen LogP contribution in [0.3, 0.4) is 0 Å². The number of rotatable bonds is 7. The van der Waals surface area contributed by atoms with Gasteiger partial charge in [0, 0.05) is 17.6 Å². The fraction of sp³-hybridized carbons (Fsp3) is 0.600. The fourth-order valence-corrected chi connectivity index (χ4v) is 1.79. The minimum atomic E-state index is -0.223. The Morgan fingerprint density at radius 1 is 1.21 bits per heavy atom. The molecule has 2 N–H and O–H groups in total. The van der Waals surface area contributed by atoms with Crippen LogP contribution in [0.25, 0.3) is 0 Å². The van der Waals surface area contributed by atoms with Crippen LogP contribution in [0.5, 0.6) is 5.75 Å². The highest BCUT2D eigenvalue weighted by Crippen LogP contribution is 2.20. The van der Waals surface area contributed by atoms with Gasteiger partial charge in [0.2, 0.25) is 0 Å². The molecule has 3 nitrogen and oxygen atoms in total. The lowest BCUT2D eigenvalue weighted by Crippen LogP contribution is -2.37. The van der Waals surface area contributed by atoms with E-state index in [0.29, 0.717) is 17.9 Å². The SMILES string of the molecule is COc1cccc(F)c1CNCCCNC(C)(C)C. The first kappa shape index (κ1) is 15.9. The molecule has 0 aliphatic heterocycles. The van der Waals surface area contributed by atoms with E-state index in [1.807, 2.05) is 0 Å². The minimum absolute atomic E-state index is 0.148. The van der Waals surface area contributed by atoms with E-state index in [1.165, 1.54) is 6.07 Å². The van der Waals surface area contributed by atoms with Crippen LogP contribution >= 0.6 is 0 Å². The molecule has 0 unspecified atom stereocenters. The molecular formula is C15H25FN2O. The summed E-state index contributed by atoms with van der Waals surface area (Å²) in [4.78, 5) is 0. The van der Waals surface area contributed by atoms with Gasteiger partial charge in [-0.3, -0.25) is 0 Å². The number of nitrogens with one attached hydrogen (secondary N) is 2. The van der Waals surface area contributed by atoms with Crippen LogP contribution in [0.15, 0.2) is 18.2 Å². The zero-order chi connectivity index (χ0) is 14.3. The first-order chi connectivity index (χ1) is 8.94. The lowest BCUT2D eigenvalue weighted by molar-refractivity contribution is 0.399. The lowest BCUT2D eigenvalue weighted by Gasteiger charge is -2.20. The summed E-state index contributed by atoms with van der Waals surface area (Å²) in [5, 5.41) is 6.66. The van der Waals surface area contributed by atoms with Crippen molar-refractivity contribution < 1.29 is 9.13 Å². The predicted molar refractivity (Wildman–Crippen MR) is 77.0 cm³/mol. The van der Waals surface area contributed by atoms with Gasteiger partial charge in [-0.1, -0.05) is 6.07 Å². The van der Waals surface area contributed by atoms with Crippen molar-refractivity contribution in [3.63, 3.8) is 0 Å². The van der Waals surface area contributed by atoms with Crippen molar-refractivity contribution in [1.82, 2.24) is 10.6 Å². The Bertz CT molecular complexity index is 388. The van der Waals surface area contributed by atoms with Crippen molar-refractivity contribution in [1.29, 1.82) is 0 Å². The molecule has 1 rings (SSSR count). The van der Waals surface area contributed by atoms with Crippen LogP contribution in [-0.4, -0.2) is 25.7 Å². The highest BCUT2D eigenvalue weighted by atomic mass is 19.1. The van der Waals surface area contributed by atoms with Crippen molar-refractivity contribution in [3.8, 4) is 5.75 Å². The summed E-state index contributed by atoms with van der Waals surface area (Å²) >= 11 is 0. The Kier molecular flexibility index (Phi) is 6.25. The molecule has 0 fully saturated rings. The Balaban J connectivity index is 2.30. The summed E-state index contributed by atoms with van der Waals surface area (Å²) in [7, 11) is 1.56. The van der Waals surface area contributed by atoms with E-state index in [0.717, 1.165) is 19.5 Å². The van der Waals surface area contributed by atoms with Crippen LogP contribution in [-0.2, 0) is 6.54 Å². The van der Waals surface area contributed by atoms with Crippen LogP contribution in [0, 0.1) is 5.82 Å². The Morgan fingerprint density at radius 3 is 2.58 bits per heavy atom. The quantitative estimate of drug-likeness (QED) is 0.746. The average Bonchev–Trinajstić information content (AvgIpc) is 2.33. The highest BCUT2D eigenvalue weighted by molar-refractivity contribution is 5.34. The predicted octanol–water partition coefficient (Wildman–Crippen LogP) is 2.70. The molecule has 0 saturated carbocycles. The van der Waals surface area contributed by atoms with E-state index in [2.05, 4.69) is 31.4 Å². The summed E-state index contributed by atoms with van der Waals surface area (Å²) < 4.78 is 18.8. The van der Waals surface area contributed by atoms with Gasteiger partial charge in [0.1, 0.15) is 11.6 Å². The molecule has 1 aromatic carbocycles. The van der Waals surface area contributed by atoms with Gasteiger partial charge in [-0.25, -0.2) is 4.39 Å². The molecule has 0 heterocycles. The van der Waals surface area contributed by atoms with Crippen LogP contribution in [0.1, 0.15) is 32.8 Å². The molecule has 0 bridgehead atoms. The van der Waals surface area contributed by atoms with Crippen molar-refractivity contribution in [2.75, 3.05) is 20.2 Å². The number of benzene rings is 1. The molecule has 0 atom stereocenters. The van der Waals surface area contributed by atoms with Crippen LogP contribution in [0.4, 0.5) is 4.39 Å². The average molecular weight is 268 g/mol. The zero-order valence-electron chi connectivity index (χ0n) is 12.3. The second-order valence-corrected chi connectivity index (χ2v) is 5.63. The van der Waals surface area contributed by atoms with Crippen molar-refractivity contribution in [2.24, 2.45) is 0 Å². The summed E-state index contributed by atoms with van der Waals surface area (Å²) in [6.45, 7) is 8.72. The van der Waals surface area contributed by atoms with E-state index >= 15 is 0 Å². The minimum Gasteiger partial charge on any atom is -0.496 e. The van der Waals surface area contributed by atoms with Crippen LogP contribution < -0.4 is 15.4 Å². The normalized spacial score (nSPS) is 11.6. The van der Waals surface area contributed by atoms with Crippen molar-refractivity contribution in [3.05, 3.63) is 29.6 Å². The number of halogens is 1. The molecular weight excluding hydrogens is 243 g/mol. The third-order valence-corrected chi connectivity index (χ3v) is 2.78. The maximum absolute atomic E-state index is 13.6. The molecule has 19 heavy (non-hydrogen) atoms. The van der Waals surface area contributed by atoms with Gasteiger partial charge in [0.25, 0.3) is 0 Å². The van der Waals surface area contributed by atoms with Gasteiger partial charge >= 0.3 is 0 Å². The molecule has 0 aliphatic rings. The Hall–Kier alpha value is -1.13. The molecule has 1 aromatic rings. The monoisotopic (exact) mass is 268 g/mol. The molecule has 4 heteroatoms. The highest BCUT2D eigenvalue weighted by Gasteiger charge is 2.09. The molecule has 0 aliphatic carbocycles. The van der Waals surface area contributed by atoms with Crippen LogP contribution in [0.2, 0.25) is 0 Å². The molecule has 0 saturated heterocycles. The lowest BCUT2D eigenvalue weighted by atomic mass is 10.1. The molecule has 0 amide bonds. The third kappa shape index (κ3) is 6.03. The largest absolute Gasteiger partial charge is 0.496 e. The molecule has 0 aromatic heterocycles. The van der Waals surface area contributed by atoms with E-state index < -0.39 is 0 Å². The standard InChI is InChI=1S/C15H25FN2O/c1-15(2,3)18-10-6-9-17-11-12-13(16)7-5-8-14(12)19-4/h5,7-8,17-18H,6,9-11H2,1-4H3. The van der Waals surface area contributed by atoms with Gasteiger partial charge in [0.05, 0.1) is 7.11 Å². The van der Waals surface area contributed by atoms with Crippen molar-refractivity contribution in [2.45, 2.75) is 39.3 Å². The Labute approximate surface area is 115 Å². The van der Waals surface area contributed by atoms with Gasteiger partial charge in [0.15, 0.2) is 0 Å². The van der Waals surface area contributed by atoms with E-state index in [9.17, 15) is 4.39 Å². The number of hydrogen-bond acceptors (Lipinski definition) is 3. The number of methoxy groups -OCH3 is 1. The number of hydrogen-bond donors (Lipinski definition) is 2. The Morgan fingerprint density at radius 2 is 1.95 bits per heavy atom. The summed E-state index contributed by atoms with van der Waals surface area (Å²) in [5.74, 6) is 0.375. The van der Waals surface area contributed by atoms with E-state index in [-0.39, 0.29) is 11.4 Å². The third-order valence-electron chi connectivity index (χ3n) is 2.78. The topological polar surface area (TPSA) is 33.3 Å². The van der Waals surface area contributed by atoms with Gasteiger partial charge in [-0.05, 0) is 52.4 Å². The second kappa shape index (κ2) is 7.46.